The molecule has 4 nitrogen and oxygen atoms in total. The SMILES string of the molecule is CCC1(C(=O)O)C(C)C1CCCCCCCCCC(=O)O. The van der Waals surface area contributed by atoms with Crippen LogP contribution < -0.4 is 0 Å². The molecule has 0 aromatic heterocycles. The van der Waals surface area contributed by atoms with Gasteiger partial charge >= 0.3 is 11.9 Å². The van der Waals surface area contributed by atoms with Crippen molar-refractivity contribution in [2.75, 3.05) is 0 Å². The lowest BCUT2D eigenvalue weighted by Crippen LogP contribution is -2.17. The molecule has 1 aliphatic rings. The van der Waals surface area contributed by atoms with Crippen LogP contribution in [0.15, 0.2) is 0 Å². The van der Waals surface area contributed by atoms with Crippen molar-refractivity contribution in [1.82, 2.24) is 0 Å². The molecule has 2 N–H and O–H groups in total. The lowest BCUT2D eigenvalue weighted by Gasteiger charge is -2.09. The number of carboxylic acid groups (broad SMARTS) is 2. The van der Waals surface area contributed by atoms with Crippen molar-refractivity contribution in [3.05, 3.63) is 0 Å². The van der Waals surface area contributed by atoms with E-state index in [1.54, 1.807) is 0 Å². The van der Waals surface area contributed by atoms with Gasteiger partial charge in [0.05, 0.1) is 5.41 Å². The van der Waals surface area contributed by atoms with Crippen molar-refractivity contribution in [3.8, 4) is 0 Å². The molecule has 0 saturated heterocycles. The molecule has 1 rings (SSSR count). The molecule has 4 heteroatoms. The third-order valence-electron chi connectivity index (χ3n) is 5.36. The Morgan fingerprint density at radius 1 is 0.952 bits per heavy atom. The summed E-state index contributed by atoms with van der Waals surface area (Å²) < 4.78 is 0. The Balaban J connectivity index is 2.01. The van der Waals surface area contributed by atoms with Crippen LogP contribution in [-0.4, -0.2) is 22.2 Å². The van der Waals surface area contributed by atoms with Crippen LogP contribution in [0.2, 0.25) is 0 Å². The highest BCUT2D eigenvalue weighted by Crippen LogP contribution is 2.63. The fraction of sp³-hybridized carbons (Fsp3) is 0.882. The molecule has 0 spiro atoms. The zero-order valence-corrected chi connectivity index (χ0v) is 13.4. The second kappa shape index (κ2) is 8.40. The van der Waals surface area contributed by atoms with Crippen molar-refractivity contribution in [1.29, 1.82) is 0 Å². The van der Waals surface area contributed by atoms with Gasteiger partial charge in [-0.2, -0.15) is 0 Å². The van der Waals surface area contributed by atoms with E-state index >= 15 is 0 Å². The first-order chi connectivity index (χ1) is 9.96. The van der Waals surface area contributed by atoms with Gasteiger partial charge in [0.25, 0.3) is 0 Å². The number of unbranched alkanes of at least 4 members (excludes halogenated alkanes) is 6. The van der Waals surface area contributed by atoms with Crippen LogP contribution in [-0.2, 0) is 9.59 Å². The standard InChI is InChI=1S/C17H30O4/c1-3-17(16(20)21)13(2)14(17)11-9-7-5-4-6-8-10-12-15(18)19/h13-14H,3-12H2,1-2H3,(H,18,19)(H,20,21). The lowest BCUT2D eigenvalue weighted by atomic mass is 9.96. The summed E-state index contributed by atoms with van der Waals surface area (Å²) in [5, 5.41) is 17.9. The predicted molar refractivity (Wildman–Crippen MR) is 82.2 cm³/mol. The molecule has 1 fully saturated rings. The maximum Gasteiger partial charge on any atom is 0.310 e. The van der Waals surface area contributed by atoms with Gasteiger partial charge in [-0.15, -0.1) is 0 Å². The second-order valence-electron chi connectivity index (χ2n) is 6.50. The van der Waals surface area contributed by atoms with Crippen LogP contribution in [0.4, 0.5) is 0 Å². The number of aliphatic carboxylic acids is 2. The number of carboxylic acids is 2. The monoisotopic (exact) mass is 298 g/mol. The van der Waals surface area contributed by atoms with Crippen molar-refractivity contribution < 1.29 is 19.8 Å². The van der Waals surface area contributed by atoms with E-state index in [4.69, 9.17) is 5.11 Å². The highest BCUT2D eigenvalue weighted by molar-refractivity contribution is 5.79. The fourth-order valence-corrected chi connectivity index (χ4v) is 3.85. The number of hydrogen-bond donors (Lipinski definition) is 2. The Kier molecular flexibility index (Phi) is 7.20. The summed E-state index contributed by atoms with van der Waals surface area (Å²) in [5.41, 5.74) is -0.434. The third-order valence-corrected chi connectivity index (χ3v) is 5.36. The minimum atomic E-state index is -0.702. The predicted octanol–water partition coefficient (Wildman–Crippen LogP) is 4.33. The van der Waals surface area contributed by atoms with Gasteiger partial charge in [-0.1, -0.05) is 52.4 Å². The molecule has 0 aliphatic heterocycles. The van der Waals surface area contributed by atoms with Crippen molar-refractivity contribution in [3.63, 3.8) is 0 Å². The summed E-state index contributed by atoms with van der Waals surface area (Å²) >= 11 is 0. The van der Waals surface area contributed by atoms with E-state index in [0.717, 1.165) is 44.9 Å². The largest absolute Gasteiger partial charge is 0.481 e. The first-order valence-corrected chi connectivity index (χ1v) is 8.42. The normalized spacial score (nSPS) is 27.5. The van der Waals surface area contributed by atoms with Crippen LogP contribution in [0.3, 0.4) is 0 Å². The number of carbonyl (C=O) groups is 2. The van der Waals surface area contributed by atoms with E-state index < -0.39 is 17.4 Å². The minimum Gasteiger partial charge on any atom is -0.481 e. The molecular weight excluding hydrogens is 268 g/mol. The van der Waals surface area contributed by atoms with Crippen molar-refractivity contribution in [2.24, 2.45) is 17.3 Å². The quantitative estimate of drug-likeness (QED) is 0.526. The maximum absolute atomic E-state index is 11.4. The fourth-order valence-electron chi connectivity index (χ4n) is 3.85. The molecule has 0 aromatic carbocycles. The Bertz CT molecular complexity index is 353. The number of rotatable bonds is 12. The summed E-state index contributed by atoms with van der Waals surface area (Å²) in [7, 11) is 0. The molecule has 0 amide bonds. The Morgan fingerprint density at radius 3 is 1.90 bits per heavy atom. The number of hydrogen-bond acceptors (Lipinski definition) is 2. The molecular formula is C17H30O4. The molecule has 21 heavy (non-hydrogen) atoms. The summed E-state index contributed by atoms with van der Waals surface area (Å²) in [6.07, 6.45) is 9.61. The van der Waals surface area contributed by atoms with Gasteiger partial charge in [-0.05, 0) is 31.1 Å². The van der Waals surface area contributed by atoms with Gasteiger partial charge in [-0.3, -0.25) is 9.59 Å². The average Bonchev–Trinajstić information content (AvgIpc) is 3.01. The Hall–Kier alpha value is -1.06. The lowest BCUT2D eigenvalue weighted by molar-refractivity contribution is -0.144. The van der Waals surface area contributed by atoms with E-state index in [1.807, 2.05) is 6.92 Å². The zero-order chi connectivity index (χ0) is 15.9. The van der Waals surface area contributed by atoms with E-state index in [2.05, 4.69) is 6.92 Å². The summed E-state index contributed by atoms with van der Waals surface area (Å²) in [4.78, 5) is 21.7. The average molecular weight is 298 g/mol. The van der Waals surface area contributed by atoms with E-state index in [9.17, 15) is 14.7 Å². The van der Waals surface area contributed by atoms with Crippen LogP contribution in [0.1, 0.15) is 78.1 Å². The van der Waals surface area contributed by atoms with Gasteiger partial charge < -0.3 is 10.2 Å². The molecule has 0 bridgehead atoms. The van der Waals surface area contributed by atoms with Crippen molar-refractivity contribution in [2.45, 2.75) is 78.1 Å². The van der Waals surface area contributed by atoms with Crippen LogP contribution in [0.25, 0.3) is 0 Å². The van der Waals surface area contributed by atoms with Gasteiger partial charge in [0, 0.05) is 6.42 Å². The first-order valence-electron chi connectivity index (χ1n) is 8.42. The Labute approximate surface area is 127 Å². The maximum atomic E-state index is 11.4. The first kappa shape index (κ1) is 18.0. The van der Waals surface area contributed by atoms with E-state index in [1.165, 1.54) is 12.8 Å². The minimum absolute atomic E-state index is 0.286. The molecule has 3 unspecified atom stereocenters. The van der Waals surface area contributed by atoms with Crippen LogP contribution >= 0.6 is 0 Å². The summed E-state index contributed by atoms with van der Waals surface area (Å²) in [5.74, 6) is -0.612. The highest BCUT2D eigenvalue weighted by Gasteiger charge is 2.65. The highest BCUT2D eigenvalue weighted by atomic mass is 16.4. The van der Waals surface area contributed by atoms with E-state index in [0.29, 0.717) is 11.8 Å². The summed E-state index contributed by atoms with van der Waals surface area (Å²) in [6.45, 7) is 4.06. The molecule has 0 heterocycles. The smallest absolute Gasteiger partial charge is 0.310 e. The molecule has 0 radical (unpaired) electrons. The van der Waals surface area contributed by atoms with E-state index in [-0.39, 0.29) is 6.42 Å². The van der Waals surface area contributed by atoms with Gasteiger partial charge in [-0.25, -0.2) is 0 Å². The zero-order valence-electron chi connectivity index (χ0n) is 13.4. The molecule has 0 aromatic rings. The van der Waals surface area contributed by atoms with Crippen molar-refractivity contribution >= 4 is 11.9 Å². The van der Waals surface area contributed by atoms with Crippen LogP contribution in [0, 0.1) is 17.3 Å². The third kappa shape index (κ3) is 4.72. The van der Waals surface area contributed by atoms with Gasteiger partial charge in [0.15, 0.2) is 0 Å². The molecule has 1 aliphatic carbocycles. The van der Waals surface area contributed by atoms with Crippen LogP contribution in [0.5, 0.6) is 0 Å². The summed E-state index contributed by atoms with van der Waals surface area (Å²) in [6, 6.07) is 0. The van der Waals surface area contributed by atoms with Gasteiger partial charge in [0.1, 0.15) is 0 Å². The molecule has 122 valence electrons. The molecule has 1 saturated carbocycles. The Morgan fingerprint density at radius 2 is 1.48 bits per heavy atom. The van der Waals surface area contributed by atoms with Gasteiger partial charge in [0.2, 0.25) is 0 Å². The second-order valence-corrected chi connectivity index (χ2v) is 6.50. The topological polar surface area (TPSA) is 74.6 Å². The molecule has 3 atom stereocenters.